The second-order valence-corrected chi connectivity index (χ2v) is 6.06. The zero-order valence-corrected chi connectivity index (χ0v) is 14.3. The summed E-state index contributed by atoms with van der Waals surface area (Å²) >= 11 is 0. The lowest BCUT2D eigenvalue weighted by Crippen LogP contribution is -2.38. The zero-order chi connectivity index (χ0) is 18.1. The SMILES string of the molecule is Cc1cccc(OC[C@H](O)Cn2cnc3c2c(=O)n(C)c(=O)n3C)c1. The zero-order valence-electron chi connectivity index (χ0n) is 14.3. The molecule has 0 bridgehead atoms. The molecule has 0 aliphatic carbocycles. The van der Waals surface area contributed by atoms with Gasteiger partial charge < -0.3 is 14.4 Å². The molecule has 1 N–H and O–H groups in total. The molecule has 3 rings (SSSR count). The maximum atomic E-state index is 12.4. The molecule has 0 saturated carbocycles. The van der Waals surface area contributed by atoms with Crippen LogP contribution >= 0.6 is 0 Å². The van der Waals surface area contributed by atoms with E-state index in [1.807, 2.05) is 31.2 Å². The summed E-state index contributed by atoms with van der Waals surface area (Å²) in [5.74, 6) is 0.674. The van der Waals surface area contributed by atoms with Crippen LogP contribution in [0.5, 0.6) is 5.75 Å². The lowest BCUT2D eigenvalue weighted by atomic mass is 10.2. The number of ether oxygens (including phenoxy) is 1. The second kappa shape index (κ2) is 6.56. The van der Waals surface area contributed by atoms with Crippen LogP contribution in [0.2, 0.25) is 0 Å². The van der Waals surface area contributed by atoms with Crippen molar-refractivity contribution in [1.82, 2.24) is 18.7 Å². The Morgan fingerprint density at radius 2 is 2.00 bits per heavy atom. The lowest BCUT2D eigenvalue weighted by molar-refractivity contribution is 0.0933. The Morgan fingerprint density at radius 3 is 2.72 bits per heavy atom. The fourth-order valence-corrected chi connectivity index (χ4v) is 2.71. The Kier molecular flexibility index (Phi) is 4.45. The summed E-state index contributed by atoms with van der Waals surface area (Å²) in [7, 11) is 2.97. The molecule has 0 spiro atoms. The highest BCUT2D eigenvalue weighted by Gasteiger charge is 2.16. The standard InChI is InChI=1S/C17H20N4O4/c1-11-5-4-6-13(7-11)25-9-12(22)8-21-10-18-15-14(21)16(23)20(3)17(24)19(15)2/h4-7,10,12,22H,8-9H2,1-3H3/t12-/m1/s1. The summed E-state index contributed by atoms with van der Waals surface area (Å²) in [4.78, 5) is 28.4. The van der Waals surface area contributed by atoms with Crippen molar-refractivity contribution in [3.63, 3.8) is 0 Å². The summed E-state index contributed by atoms with van der Waals surface area (Å²) in [6, 6.07) is 7.54. The van der Waals surface area contributed by atoms with E-state index in [0.717, 1.165) is 10.1 Å². The third-order valence-corrected chi connectivity index (χ3v) is 4.06. The minimum absolute atomic E-state index is 0.0786. The topological polar surface area (TPSA) is 91.3 Å². The first-order valence-electron chi connectivity index (χ1n) is 7.87. The molecule has 1 atom stereocenters. The fraction of sp³-hybridized carbons (Fsp3) is 0.353. The molecule has 0 amide bonds. The second-order valence-electron chi connectivity index (χ2n) is 6.06. The van der Waals surface area contributed by atoms with Gasteiger partial charge in [0.1, 0.15) is 18.5 Å². The molecule has 0 saturated heterocycles. The van der Waals surface area contributed by atoms with Gasteiger partial charge in [0.05, 0.1) is 12.9 Å². The monoisotopic (exact) mass is 344 g/mol. The van der Waals surface area contributed by atoms with Gasteiger partial charge in [-0.2, -0.15) is 0 Å². The Balaban J connectivity index is 1.81. The smallest absolute Gasteiger partial charge is 0.332 e. The first-order chi connectivity index (χ1) is 11.9. The van der Waals surface area contributed by atoms with Crippen LogP contribution in [0.4, 0.5) is 0 Å². The van der Waals surface area contributed by atoms with E-state index in [1.54, 1.807) is 11.6 Å². The van der Waals surface area contributed by atoms with Crippen molar-refractivity contribution >= 4 is 11.2 Å². The van der Waals surface area contributed by atoms with E-state index in [9.17, 15) is 14.7 Å². The van der Waals surface area contributed by atoms with E-state index in [-0.39, 0.29) is 18.7 Å². The van der Waals surface area contributed by atoms with Gasteiger partial charge in [-0.15, -0.1) is 0 Å². The third-order valence-electron chi connectivity index (χ3n) is 4.06. The minimum Gasteiger partial charge on any atom is -0.491 e. The molecule has 2 heterocycles. The molecule has 0 aliphatic heterocycles. The molecule has 2 aromatic heterocycles. The Labute approximate surface area is 143 Å². The van der Waals surface area contributed by atoms with Gasteiger partial charge in [-0.3, -0.25) is 13.9 Å². The number of benzene rings is 1. The van der Waals surface area contributed by atoms with Crippen LogP contribution in [0.3, 0.4) is 0 Å². The number of aromatic nitrogens is 4. The highest BCUT2D eigenvalue weighted by molar-refractivity contribution is 5.69. The van der Waals surface area contributed by atoms with E-state index in [1.165, 1.54) is 17.9 Å². The van der Waals surface area contributed by atoms with Crippen LogP contribution in [-0.2, 0) is 20.6 Å². The number of aryl methyl sites for hydroxylation is 2. The Bertz CT molecular complexity index is 1030. The summed E-state index contributed by atoms with van der Waals surface area (Å²) in [6.45, 7) is 2.17. The maximum absolute atomic E-state index is 12.4. The predicted molar refractivity (Wildman–Crippen MR) is 92.9 cm³/mol. The van der Waals surface area contributed by atoms with Gasteiger partial charge in [0.25, 0.3) is 5.56 Å². The lowest BCUT2D eigenvalue weighted by Gasteiger charge is -2.14. The molecule has 0 aliphatic rings. The quantitative estimate of drug-likeness (QED) is 0.713. The summed E-state index contributed by atoms with van der Waals surface area (Å²) in [5.41, 5.74) is 0.754. The normalized spacial score (nSPS) is 12.5. The van der Waals surface area contributed by atoms with E-state index in [0.29, 0.717) is 11.4 Å². The molecule has 132 valence electrons. The minimum atomic E-state index is -0.833. The van der Waals surface area contributed by atoms with E-state index in [2.05, 4.69) is 4.98 Å². The molecule has 0 fully saturated rings. The summed E-state index contributed by atoms with van der Waals surface area (Å²) in [5, 5.41) is 10.2. The number of aliphatic hydroxyl groups excluding tert-OH is 1. The van der Waals surface area contributed by atoms with E-state index >= 15 is 0 Å². The number of hydrogen-bond donors (Lipinski definition) is 1. The predicted octanol–water partition coefficient (Wildman–Crippen LogP) is 0.182. The summed E-state index contributed by atoms with van der Waals surface area (Å²) < 4.78 is 9.46. The van der Waals surface area contributed by atoms with Gasteiger partial charge in [-0.05, 0) is 24.6 Å². The molecule has 3 aromatic rings. The highest BCUT2D eigenvalue weighted by Crippen LogP contribution is 2.13. The van der Waals surface area contributed by atoms with Crippen LogP contribution in [0.1, 0.15) is 5.56 Å². The van der Waals surface area contributed by atoms with Crippen molar-refractivity contribution < 1.29 is 9.84 Å². The van der Waals surface area contributed by atoms with Gasteiger partial charge in [0.15, 0.2) is 11.2 Å². The molecular formula is C17H20N4O4. The van der Waals surface area contributed by atoms with Gasteiger partial charge in [0.2, 0.25) is 0 Å². The van der Waals surface area contributed by atoms with Crippen molar-refractivity contribution in [3.05, 3.63) is 57.0 Å². The van der Waals surface area contributed by atoms with Crippen molar-refractivity contribution in [2.75, 3.05) is 6.61 Å². The Hall–Kier alpha value is -2.87. The molecule has 0 unspecified atom stereocenters. The first-order valence-corrected chi connectivity index (χ1v) is 7.87. The van der Waals surface area contributed by atoms with Gasteiger partial charge in [0, 0.05) is 14.1 Å². The molecule has 25 heavy (non-hydrogen) atoms. The molecular weight excluding hydrogens is 324 g/mol. The molecule has 1 aromatic carbocycles. The van der Waals surface area contributed by atoms with E-state index in [4.69, 9.17) is 4.74 Å². The Morgan fingerprint density at radius 1 is 1.24 bits per heavy atom. The van der Waals surface area contributed by atoms with Crippen LogP contribution in [-0.4, -0.2) is 36.5 Å². The molecule has 8 heteroatoms. The number of rotatable bonds is 5. The van der Waals surface area contributed by atoms with Crippen LogP contribution in [0, 0.1) is 6.92 Å². The number of fused-ring (bicyclic) bond motifs is 1. The first kappa shape index (κ1) is 17.0. The van der Waals surface area contributed by atoms with Crippen LogP contribution in [0.25, 0.3) is 11.2 Å². The molecule has 8 nitrogen and oxygen atoms in total. The molecule has 0 radical (unpaired) electrons. The highest BCUT2D eigenvalue weighted by atomic mass is 16.5. The van der Waals surface area contributed by atoms with E-state index < -0.39 is 17.4 Å². The van der Waals surface area contributed by atoms with Crippen LogP contribution < -0.4 is 16.0 Å². The largest absolute Gasteiger partial charge is 0.491 e. The van der Waals surface area contributed by atoms with Gasteiger partial charge in [-0.25, -0.2) is 9.78 Å². The maximum Gasteiger partial charge on any atom is 0.332 e. The van der Waals surface area contributed by atoms with Crippen LogP contribution in [0.15, 0.2) is 40.2 Å². The van der Waals surface area contributed by atoms with Crippen molar-refractivity contribution in [1.29, 1.82) is 0 Å². The number of aliphatic hydroxyl groups is 1. The van der Waals surface area contributed by atoms with Crippen molar-refractivity contribution in [3.8, 4) is 5.75 Å². The van der Waals surface area contributed by atoms with Gasteiger partial charge in [-0.1, -0.05) is 12.1 Å². The number of imidazole rings is 1. The fourth-order valence-electron chi connectivity index (χ4n) is 2.71. The number of hydrogen-bond acceptors (Lipinski definition) is 5. The third kappa shape index (κ3) is 3.20. The average molecular weight is 344 g/mol. The average Bonchev–Trinajstić information content (AvgIpc) is 3.00. The number of nitrogens with zero attached hydrogens (tertiary/aromatic N) is 4. The van der Waals surface area contributed by atoms with Gasteiger partial charge >= 0.3 is 5.69 Å². The van der Waals surface area contributed by atoms with Crippen molar-refractivity contribution in [2.45, 2.75) is 19.6 Å². The van der Waals surface area contributed by atoms with Crippen molar-refractivity contribution in [2.24, 2.45) is 14.1 Å². The summed E-state index contributed by atoms with van der Waals surface area (Å²) in [6.07, 6.45) is 0.612.